The van der Waals surface area contributed by atoms with Crippen molar-refractivity contribution in [1.82, 2.24) is 9.78 Å². The van der Waals surface area contributed by atoms with Gasteiger partial charge in [0, 0.05) is 6.20 Å². The molecule has 0 spiro atoms. The molecular formula is C14H13F3N2O2. The quantitative estimate of drug-likeness (QED) is 0.815. The first-order valence-corrected chi connectivity index (χ1v) is 6.26. The zero-order valence-corrected chi connectivity index (χ0v) is 11.2. The molecule has 1 aromatic heterocycles. The molecule has 0 saturated heterocycles. The second-order valence-electron chi connectivity index (χ2n) is 4.34. The van der Waals surface area contributed by atoms with E-state index in [4.69, 9.17) is 4.74 Å². The van der Waals surface area contributed by atoms with E-state index in [1.165, 1.54) is 29.2 Å². The van der Waals surface area contributed by atoms with Crippen molar-refractivity contribution in [3.63, 3.8) is 0 Å². The van der Waals surface area contributed by atoms with Gasteiger partial charge < -0.3 is 4.74 Å². The molecule has 0 saturated carbocycles. The van der Waals surface area contributed by atoms with Gasteiger partial charge in [-0.2, -0.15) is 18.3 Å². The summed E-state index contributed by atoms with van der Waals surface area (Å²) in [5.74, 6) is -0.476. The lowest BCUT2D eigenvalue weighted by molar-refractivity contribution is -0.137. The molecular weight excluding hydrogens is 285 g/mol. The number of carbonyl (C=O) groups is 1. The summed E-state index contributed by atoms with van der Waals surface area (Å²) in [6.45, 7) is 2.24. The van der Waals surface area contributed by atoms with Crippen LogP contribution in [0.5, 0.6) is 0 Å². The predicted octanol–water partition coefficient (Wildman–Crippen LogP) is 3.13. The fraction of sp³-hybridized carbons (Fsp3) is 0.286. The highest BCUT2D eigenvalue weighted by Crippen LogP contribution is 2.29. The number of esters is 1. The molecule has 0 aliphatic carbocycles. The van der Waals surface area contributed by atoms with Crippen LogP contribution in [-0.4, -0.2) is 22.4 Å². The highest BCUT2D eigenvalue weighted by molar-refractivity contribution is 5.88. The van der Waals surface area contributed by atoms with E-state index >= 15 is 0 Å². The first kappa shape index (κ1) is 15.1. The van der Waals surface area contributed by atoms with Crippen molar-refractivity contribution in [2.75, 3.05) is 6.61 Å². The minimum absolute atomic E-state index is 0.267. The van der Waals surface area contributed by atoms with Crippen molar-refractivity contribution in [3.8, 4) is 0 Å². The van der Waals surface area contributed by atoms with Crippen LogP contribution in [0.15, 0.2) is 36.7 Å². The number of carbonyl (C=O) groups excluding carboxylic acids is 1. The number of hydrogen-bond acceptors (Lipinski definition) is 3. The molecule has 0 bridgehead atoms. The van der Waals surface area contributed by atoms with Gasteiger partial charge in [0.2, 0.25) is 0 Å². The van der Waals surface area contributed by atoms with Gasteiger partial charge in [0.25, 0.3) is 0 Å². The lowest BCUT2D eigenvalue weighted by Crippen LogP contribution is -2.06. The lowest BCUT2D eigenvalue weighted by atomic mass is 10.1. The zero-order chi connectivity index (χ0) is 15.5. The number of benzene rings is 1. The molecule has 0 amide bonds. The summed E-state index contributed by atoms with van der Waals surface area (Å²) >= 11 is 0. The van der Waals surface area contributed by atoms with E-state index in [0.717, 1.165) is 12.1 Å². The molecule has 0 atom stereocenters. The van der Waals surface area contributed by atoms with Crippen molar-refractivity contribution >= 4 is 5.97 Å². The Bertz CT molecular complexity index is 618. The van der Waals surface area contributed by atoms with Gasteiger partial charge >= 0.3 is 12.1 Å². The van der Waals surface area contributed by atoms with Gasteiger partial charge in [-0.05, 0) is 24.6 Å². The fourth-order valence-electron chi connectivity index (χ4n) is 1.76. The van der Waals surface area contributed by atoms with Crippen LogP contribution in [0.3, 0.4) is 0 Å². The molecule has 0 fully saturated rings. The standard InChI is InChI=1S/C14H13F3N2O2/c1-2-21-13(20)11-7-18-19(9-11)8-10-3-5-12(6-4-10)14(15,16)17/h3-7,9H,2,8H2,1H3. The second kappa shape index (κ2) is 5.99. The van der Waals surface area contributed by atoms with E-state index in [1.54, 1.807) is 6.92 Å². The summed E-state index contributed by atoms with van der Waals surface area (Å²) in [6, 6.07) is 4.80. The van der Waals surface area contributed by atoms with Gasteiger partial charge in [-0.1, -0.05) is 12.1 Å². The highest BCUT2D eigenvalue weighted by atomic mass is 19.4. The molecule has 2 rings (SSSR count). The third kappa shape index (κ3) is 3.84. The van der Waals surface area contributed by atoms with Gasteiger partial charge in [0.1, 0.15) is 0 Å². The Morgan fingerprint density at radius 2 is 1.95 bits per heavy atom. The van der Waals surface area contributed by atoms with Crippen molar-refractivity contribution in [2.24, 2.45) is 0 Å². The summed E-state index contributed by atoms with van der Waals surface area (Å²) in [5, 5.41) is 3.98. The normalized spacial score (nSPS) is 11.4. The van der Waals surface area contributed by atoms with E-state index in [9.17, 15) is 18.0 Å². The first-order chi connectivity index (χ1) is 9.90. The molecule has 0 aliphatic heterocycles. The number of nitrogens with zero attached hydrogens (tertiary/aromatic N) is 2. The van der Waals surface area contributed by atoms with Crippen LogP contribution < -0.4 is 0 Å². The molecule has 0 N–H and O–H groups in total. The van der Waals surface area contributed by atoms with E-state index in [1.807, 2.05) is 0 Å². The summed E-state index contributed by atoms with van der Waals surface area (Å²) in [7, 11) is 0. The number of ether oxygens (including phenoxy) is 1. The molecule has 0 radical (unpaired) electrons. The van der Waals surface area contributed by atoms with Crippen molar-refractivity contribution in [2.45, 2.75) is 19.6 Å². The van der Waals surface area contributed by atoms with Crippen molar-refractivity contribution in [1.29, 1.82) is 0 Å². The van der Waals surface area contributed by atoms with Crippen molar-refractivity contribution in [3.05, 3.63) is 53.3 Å². The molecule has 21 heavy (non-hydrogen) atoms. The van der Waals surface area contributed by atoms with Gasteiger partial charge in [0.05, 0.1) is 30.5 Å². The highest BCUT2D eigenvalue weighted by Gasteiger charge is 2.29. The van der Waals surface area contributed by atoms with Crippen LogP contribution in [0.2, 0.25) is 0 Å². The summed E-state index contributed by atoms with van der Waals surface area (Å²) < 4.78 is 43.6. The van der Waals surface area contributed by atoms with Gasteiger partial charge in [-0.3, -0.25) is 4.68 Å². The SMILES string of the molecule is CCOC(=O)c1cnn(Cc2ccc(C(F)(F)F)cc2)c1. The Labute approximate surface area is 119 Å². The minimum atomic E-state index is -4.35. The average Bonchev–Trinajstić information content (AvgIpc) is 2.87. The van der Waals surface area contributed by atoms with Gasteiger partial charge in [-0.15, -0.1) is 0 Å². The second-order valence-corrected chi connectivity index (χ2v) is 4.34. The Kier molecular flexibility index (Phi) is 4.30. The van der Waals surface area contributed by atoms with E-state index in [-0.39, 0.29) is 13.2 Å². The van der Waals surface area contributed by atoms with Crippen LogP contribution in [0.1, 0.15) is 28.4 Å². The number of rotatable bonds is 4. The number of alkyl halides is 3. The van der Waals surface area contributed by atoms with Crippen LogP contribution in [-0.2, 0) is 17.5 Å². The number of aromatic nitrogens is 2. The Morgan fingerprint density at radius 1 is 1.29 bits per heavy atom. The van der Waals surface area contributed by atoms with Gasteiger partial charge in [0.15, 0.2) is 0 Å². The molecule has 7 heteroatoms. The van der Waals surface area contributed by atoms with E-state index in [2.05, 4.69) is 5.10 Å². The lowest BCUT2D eigenvalue weighted by Gasteiger charge is -2.07. The summed E-state index contributed by atoms with van der Waals surface area (Å²) in [6.07, 6.45) is -1.49. The molecule has 0 aliphatic rings. The maximum Gasteiger partial charge on any atom is 0.416 e. The van der Waals surface area contributed by atoms with Crippen LogP contribution in [0, 0.1) is 0 Å². The van der Waals surface area contributed by atoms with Gasteiger partial charge in [-0.25, -0.2) is 4.79 Å². The molecule has 1 heterocycles. The van der Waals surface area contributed by atoms with E-state index < -0.39 is 17.7 Å². The maximum absolute atomic E-state index is 12.4. The Morgan fingerprint density at radius 3 is 2.52 bits per heavy atom. The third-order valence-electron chi connectivity index (χ3n) is 2.77. The zero-order valence-electron chi connectivity index (χ0n) is 11.2. The van der Waals surface area contributed by atoms with Crippen molar-refractivity contribution < 1.29 is 22.7 Å². The predicted molar refractivity (Wildman–Crippen MR) is 68.7 cm³/mol. The fourth-order valence-corrected chi connectivity index (χ4v) is 1.76. The molecule has 0 unspecified atom stereocenters. The monoisotopic (exact) mass is 298 g/mol. The average molecular weight is 298 g/mol. The molecule has 1 aromatic carbocycles. The van der Waals surface area contributed by atoms with Crippen LogP contribution in [0.4, 0.5) is 13.2 Å². The summed E-state index contributed by atoms with van der Waals surface area (Å²) in [5.41, 5.74) is 0.268. The largest absolute Gasteiger partial charge is 0.462 e. The third-order valence-corrected chi connectivity index (χ3v) is 2.77. The first-order valence-electron chi connectivity index (χ1n) is 6.26. The Hall–Kier alpha value is -2.31. The number of hydrogen-bond donors (Lipinski definition) is 0. The molecule has 2 aromatic rings. The molecule has 112 valence electrons. The molecule has 4 nitrogen and oxygen atoms in total. The smallest absolute Gasteiger partial charge is 0.416 e. The number of halogens is 3. The van der Waals surface area contributed by atoms with Crippen LogP contribution >= 0.6 is 0 Å². The Balaban J connectivity index is 2.07. The van der Waals surface area contributed by atoms with Crippen LogP contribution in [0.25, 0.3) is 0 Å². The summed E-state index contributed by atoms with van der Waals surface area (Å²) in [4.78, 5) is 11.5. The maximum atomic E-state index is 12.4. The van der Waals surface area contributed by atoms with E-state index in [0.29, 0.717) is 11.1 Å². The topological polar surface area (TPSA) is 44.1 Å². The minimum Gasteiger partial charge on any atom is -0.462 e.